The number of hydrogen-bond acceptors (Lipinski definition) is 10. The second-order valence-corrected chi connectivity index (χ2v) is 19.1. The second-order valence-electron chi connectivity index (χ2n) is 16.9. The molecule has 318 valence electrons. The first-order valence-electron chi connectivity index (χ1n) is 19.7. The maximum absolute atomic E-state index is 14.7. The van der Waals surface area contributed by atoms with E-state index in [0.29, 0.717) is 49.7 Å². The highest BCUT2D eigenvalue weighted by Gasteiger charge is 2.63. The van der Waals surface area contributed by atoms with Gasteiger partial charge in [-0.1, -0.05) is 31.9 Å². The van der Waals surface area contributed by atoms with E-state index in [1.807, 2.05) is 6.08 Å². The molecule has 3 heterocycles. The first-order valence-corrected chi connectivity index (χ1v) is 21.2. The predicted molar refractivity (Wildman–Crippen MR) is 206 cm³/mol. The molecule has 5 atom stereocenters. The SMILES string of the molecule is CCc1c(OC2CC3C(=O)NC4(C(=O)NS(=O)(=O)C5(C)CC5)CC4C=CCCCCCC(NC(=O)OC(C)(C)C)C(=O)N3C2)c(C(F)(F)F)nc2ccc(OC)cc12. The van der Waals surface area contributed by atoms with E-state index < -0.39 is 91.5 Å². The number of ether oxygens (including phenoxy) is 3. The summed E-state index contributed by atoms with van der Waals surface area (Å²) < 4.78 is 88.5. The molecule has 5 unspecified atom stereocenters. The zero-order valence-corrected chi connectivity index (χ0v) is 34.4. The van der Waals surface area contributed by atoms with Crippen LogP contribution in [0.1, 0.15) is 104 Å². The number of halogens is 3. The number of alkyl halides is 3. The van der Waals surface area contributed by atoms with Crippen LogP contribution in [-0.2, 0) is 41.7 Å². The minimum absolute atomic E-state index is 0.0660. The van der Waals surface area contributed by atoms with Crippen LogP contribution in [0.4, 0.5) is 18.0 Å². The number of rotatable bonds is 8. The van der Waals surface area contributed by atoms with Crippen molar-refractivity contribution < 1.29 is 55.0 Å². The van der Waals surface area contributed by atoms with Crippen molar-refractivity contribution in [3.05, 3.63) is 41.6 Å². The number of benzene rings is 1. The number of carbonyl (C=O) groups excluding carboxylic acids is 4. The van der Waals surface area contributed by atoms with Gasteiger partial charge in [-0.15, -0.1) is 0 Å². The van der Waals surface area contributed by atoms with Crippen LogP contribution in [0, 0.1) is 5.92 Å². The minimum atomic E-state index is -4.95. The number of fused-ring (bicyclic) bond motifs is 3. The van der Waals surface area contributed by atoms with Gasteiger partial charge in [-0.2, -0.15) is 13.2 Å². The molecule has 0 bridgehead atoms. The van der Waals surface area contributed by atoms with E-state index in [1.54, 1.807) is 39.8 Å². The van der Waals surface area contributed by atoms with Crippen LogP contribution < -0.4 is 24.8 Å². The van der Waals surface area contributed by atoms with Crippen molar-refractivity contribution in [1.29, 1.82) is 0 Å². The van der Waals surface area contributed by atoms with E-state index in [9.17, 15) is 40.8 Å². The molecular formula is C40H52F3N5O9S. The van der Waals surface area contributed by atoms with E-state index in [0.717, 1.165) is 4.90 Å². The molecule has 18 heteroatoms. The van der Waals surface area contributed by atoms with Crippen molar-refractivity contribution in [1.82, 2.24) is 25.2 Å². The number of sulfonamides is 1. The summed E-state index contributed by atoms with van der Waals surface area (Å²) in [6, 6.07) is 1.89. The van der Waals surface area contributed by atoms with E-state index >= 15 is 0 Å². The Kier molecular flexibility index (Phi) is 11.8. The van der Waals surface area contributed by atoms with Crippen molar-refractivity contribution in [2.45, 2.75) is 139 Å². The lowest BCUT2D eigenvalue weighted by atomic mass is 10.0. The maximum atomic E-state index is 14.7. The fourth-order valence-corrected chi connectivity index (χ4v) is 8.96. The summed E-state index contributed by atoms with van der Waals surface area (Å²) in [5.41, 5.74) is -3.60. The molecule has 2 aliphatic heterocycles. The van der Waals surface area contributed by atoms with Gasteiger partial charge in [-0.05, 0) is 90.8 Å². The number of amides is 4. The Balaban J connectivity index is 1.38. The molecule has 0 radical (unpaired) electrons. The van der Waals surface area contributed by atoms with Crippen LogP contribution >= 0.6 is 0 Å². The Hall–Kier alpha value is -4.61. The van der Waals surface area contributed by atoms with Crippen LogP contribution in [0.25, 0.3) is 10.9 Å². The van der Waals surface area contributed by atoms with Crippen LogP contribution in [0.2, 0.25) is 0 Å². The van der Waals surface area contributed by atoms with Crippen LogP contribution in [0.15, 0.2) is 30.4 Å². The minimum Gasteiger partial charge on any atom is -0.497 e. The standard InChI is InChI=1S/C40H52F3N5O9S/c1-7-26-27-19-24(55-6)15-16-28(27)44-32(40(41,42)43)31(26)56-25-20-30-33(49)46-39(35(51)47-58(53,54)38(5)17-18-38)21-23(39)13-11-9-8-10-12-14-29(34(50)48(30)22-25)45-36(52)57-37(2,3)4/h11,13,15-16,19,23,25,29-30H,7-10,12,14,17-18,20-22H2,1-6H3,(H,45,52)(H,46,49)(H,47,51). The average Bonchev–Trinajstić information content (AvgIpc) is 4.01. The van der Waals surface area contributed by atoms with Crippen LogP contribution in [0.5, 0.6) is 11.5 Å². The quantitative estimate of drug-likeness (QED) is 0.289. The molecule has 3 N–H and O–H groups in total. The third kappa shape index (κ3) is 9.00. The molecule has 3 fully saturated rings. The number of nitrogens with zero attached hydrogens (tertiary/aromatic N) is 2. The smallest absolute Gasteiger partial charge is 0.437 e. The number of aryl methyl sites for hydroxylation is 1. The van der Waals surface area contributed by atoms with Gasteiger partial charge >= 0.3 is 12.3 Å². The topological polar surface area (TPSA) is 182 Å². The molecule has 0 spiro atoms. The Bertz CT molecular complexity index is 2100. The van der Waals surface area contributed by atoms with Gasteiger partial charge in [0.05, 0.1) is 23.9 Å². The van der Waals surface area contributed by atoms with Gasteiger partial charge in [0.15, 0.2) is 11.4 Å². The van der Waals surface area contributed by atoms with Crippen molar-refractivity contribution >= 4 is 44.7 Å². The predicted octanol–water partition coefficient (Wildman–Crippen LogP) is 5.46. The lowest BCUT2D eigenvalue weighted by molar-refractivity contribution is -0.143. The first kappa shape index (κ1) is 43.0. The summed E-state index contributed by atoms with van der Waals surface area (Å²) in [7, 11) is -2.67. The van der Waals surface area contributed by atoms with Gasteiger partial charge in [0.2, 0.25) is 21.8 Å². The number of alkyl carbamates (subject to hydrolysis) is 1. The highest BCUT2D eigenvalue weighted by molar-refractivity contribution is 7.91. The molecule has 2 saturated carbocycles. The maximum Gasteiger partial charge on any atom is 0.437 e. The summed E-state index contributed by atoms with van der Waals surface area (Å²) in [6.45, 7) is 7.80. The van der Waals surface area contributed by atoms with Crippen molar-refractivity contribution in [2.75, 3.05) is 13.7 Å². The van der Waals surface area contributed by atoms with Gasteiger partial charge in [0.25, 0.3) is 5.91 Å². The van der Waals surface area contributed by atoms with E-state index in [1.165, 1.54) is 26.2 Å². The van der Waals surface area contributed by atoms with Crippen LogP contribution in [0.3, 0.4) is 0 Å². The zero-order chi connectivity index (χ0) is 42.4. The molecule has 1 saturated heterocycles. The second kappa shape index (κ2) is 15.9. The summed E-state index contributed by atoms with van der Waals surface area (Å²) in [6.07, 6.45) is -0.128. The zero-order valence-electron chi connectivity index (χ0n) is 33.6. The Morgan fingerprint density at radius 3 is 2.47 bits per heavy atom. The largest absolute Gasteiger partial charge is 0.497 e. The molecular weight excluding hydrogens is 784 g/mol. The van der Waals surface area contributed by atoms with Crippen LogP contribution in [-0.4, -0.2) is 89.8 Å². The normalized spacial score (nSPS) is 26.3. The summed E-state index contributed by atoms with van der Waals surface area (Å²) in [4.78, 5) is 61.0. The van der Waals surface area contributed by atoms with Gasteiger partial charge < -0.3 is 29.7 Å². The van der Waals surface area contributed by atoms with Gasteiger partial charge in [0, 0.05) is 23.3 Å². The number of nitrogens with one attached hydrogen (secondary N) is 3. The summed E-state index contributed by atoms with van der Waals surface area (Å²) in [5, 5.41) is 5.76. The third-order valence-electron chi connectivity index (χ3n) is 11.3. The molecule has 14 nitrogen and oxygen atoms in total. The number of hydrogen-bond donors (Lipinski definition) is 3. The van der Waals surface area contributed by atoms with E-state index in [-0.39, 0.29) is 43.3 Å². The first-order chi connectivity index (χ1) is 27.1. The number of pyridine rings is 1. The lowest BCUT2D eigenvalue weighted by Gasteiger charge is -2.30. The number of allylic oxidation sites excluding steroid dienone is 1. The monoisotopic (exact) mass is 835 g/mol. The van der Waals surface area contributed by atoms with Gasteiger partial charge in [-0.25, -0.2) is 18.2 Å². The average molecular weight is 836 g/mol. The summed E-state index contributed by atoms with van der Waals surface area (Å²) in [5.74, 6) is -3.18. The number of methoxy groups -OCH3 is 1. The molecule has 2 aliphatic carbocycles. The van der Waals surface area contributed by atoms with Crippen molar-refractivity contribution in [3.8, 4) is 11.5 Å². The fraction of sp³-hybridized carbons (Fsp3) is 0.625. The fourth-order valence-electron chi connectivity index (χ4n) is 7.65. The van der Waals surface area contributed by atoms with Gasteiger partial charge in [-0.3, -0.25) is 19.1 Å². The Morgan fingerprint density at radius 2 is 1.83 bits per heavy atom. The molecule has 58 heavy (non-hydrogen) atoms. The summed E-state index contributed by atoms with van der Waals surface area (Å²) >= 11 is 0. The highest BCUT2D eigenvalue weighted by atomic mass is 32.2. The molecule has 2 aromatic rings. The van der Waals surface area contributed by atoms with Gasteiger partial charge in [0.1, 0.15) is 35.1 Å². The molecule has 4 aliphatic rings. The Morgan fingerprint density at radius 1 is 1.10 bits per heavy atom. The molecule has 6 rings (SSSR count). The van der Waals surface area contributed by atoms with Crippen molar-refractivity contribution in [2.24, 2.45) is 5.92 Å². The number of carbonyl (C=O) groups is 4. The highest BCUT2D eigenvalue weighted by Crippen LogP contribution is 2.48. The third-order valence-corrected chi connectivity index (χ3v) is 13.5. The van der Waals surface area contributed by atoms with Crippen molar-refractivity contribution in [3.63, 3.8) is 0 Å². The molecule has 4 amide bonds. The van der Waals surface area contributed by atoms with E-state index in [2.05, 4.69) is 20.3 Å². The lowest BCUT2D eigenvalue weighted by Crippen LogP contribution is -2.58. The van der Waals surface area contributed by atoms with E-state index in [4.69, 9.17) is 14.2 Å². The molecule has 1 aromatic carbocycles. The Labute approximate surface area is 336 Å². The number of aromatic nitrogens is 1. The molecule has 1 aromatic heterocycles.